The molecule has 1 unspecified atom stereocenters. The van der Waals surface area contributed by atoms with Gasteiger partial charge in [0.15, 0.2) is 0 Å². The van der Waals surface area contributed by atoms with Gasteiger partial charge in [-0.1, -0.05) is 30.3 Å². The summed E-state index contributed by atoms with van der Waals surface area (Å²) in [6.45, 7) is 8.61. The molecular formula is C26H33FN4O2. The zero-order valence-corrected chi connectivity index (χ0v) is 19.5. The van der Waals surface area contributed by atoms with E-state index in [1.165, 1.54) is 6.07 Å². The molecule has 0 N–H and O–H groups in total. The molecule has 7 heteroatoms. The molecule has 1 atom stereocenters. The molecular weight excluding hydrogens is 419 g/mol. The third-order valence-electron chi connectivity index (χ3n) is 6.76. The van der Waals surface area contributed by atoms with E-state index >= 15 is 4.39 Å². The van der Waals surface area contributed by atoms with E-state index in [4.69, 9.17) is 0 Å². The maximum atomic E-state index is 15.0. The highest BCUT2D eigenvalue weighted by Gasteiger charge is 2.33. The molecule has 2 aliphatic heterocycles. The number of hydrogen-bond acceptors (Lipinski definition) is 4. The van der Waals surface area contributed by atoms with Crippen molar-refractivity contribution >= 4 is 23.2 Å². The van der Waals surface area contributed by atoms with E-state index in [2.05, 4.69) is 4.90 Å². The molecule has 0 saturated carbocycles. The van der Waals surface area contributed by atoms with Crippen molar-refractivity contribution in [3.63, 3.8) is 0 Å². The molecule has 6 nitrogen and oxygen atoms in total. The number of rotatable bonds is 7. The summed E-state index contributed by atoms with van der Waals surface area (Å²) in [7, 11) is 0. The largest absolute Gasteiger partial charge is 0.367 e. The van der Waals surface area contributed by atoms with Gasteiger partial charge in [-0.2, -0.15) is 0 Å². The summed E-state index contributed by atoms with van der Waals surface area (Å²) in [6, 6.07) is 14.7. The van der Waals surface area contributed by atoms with Gasteiger partial charge in [0.2, 0.25) is 11.8 Å². The Balaban J connectivity index is 1.48. The fraction of sp³-hybridized carbons (Fsp3) is 0.462. The monoisotopic (exact) mass is 452 g/mol. The zero-order chi connectivity index (χ0) is 23.4. The van der Waals surface area contributed by atoms with Crippen molar-refractivity contribution in [2.45, 2.75) is 32.7 Å². The highest BCUT2D eigenvalue weighted by atomic mass is 19.1. The molecule has 2 aliphatic rings. The number of halogens is 1. The van der Waals surface area contributed by atoms with Crippen LogP contribution in [0.3, 0.4) is 0 Å². The van der Waals surface area contributed by atoms with Crippen molar-refractivity contribution in [3.8, 4) is 0 Å². The fourth-order valence-corrected chi connectivity index (χ4v) is 4.92. The van der Waals surface area contributed by atoms with Crippen LogP contribution in [0.2, 0.25) is 0 Å². The number of anilines is 2. The quantitative estimate of drug-likeness (QED) is 0.643. The molecule has 0 spiro atoms. The van der Waals surface area contributed by atoms with Crippen molar-refractivity contribution in [1.82, 2.24) is 9.80 Å². The Hall–Kier alpha value is -2.93. The maximum absolute atomic E-state index is 15.0. The molecule has 0 radical (unpaired) electrons. The summed E-state index contributed by atoms with van der Waals surface area (Å²) >= 11 is 0. The van der Waals surface area contributed by atoms with E-state index < -0.39 is 0 Å². The van der Waals surface area contributed by atoms with E-state index in [1.807, 2.05) is 60.0 Å². The first-order chi connectivity index (χ1) is 16.0. The third kappa shape index (κ3) is 4.88. The van der Waals surface area contributed by atoms with Crippen LogP contribution in [0.25, 0.3) is 0 Å². The Morgan fingerprint density at radius 3 is 2.27 bits per heavy atom. The van der Waals surface area contributed by atoms with Gasteiger partial charge in [0.1, 0.15) is 11.9 Å². The van der Waals surface area contributed by atoms with Crippen LogP contribution in [-0.4, -0.2) is 67.4 Å². The second-order valence-corrected chi connectivity index (χ2v) is 8.63. The molecule has 4 rings (SSSR count). The standard InChI is InChI=1S/C26H33FN4O2/c1-3-28(4-2)26(33)25(20-9-6-5-7-10-20)30-17-15-29(16-18-30)23-13-12-21(19-22(23)27)31-14-8-11-24(31)32/h5-7,9-10,12-13,19,25H,3-4,8,11,14-18H2,1-2H3. The number of nitrogens with zero attached hydrogens (tertiary/aromatic N) is 4. The first-order valence-electron chi connectivity index (χ1n) is 12.0. The number of likely N-dealkylation sites (N-methyl/N-ethyl adjacent to an activating group) is 1. The van der Waals surface area contributed by atoms with Crippen LogP contribution < -0.4 is 9.80 Å². The minimum Gasteiger partial charge on any atom is -0.367 e. The van der Waals surface area contributed by atoms with Gasteiger partial charge in [0.25, 0.3) is 0 Å². The number of carbonyl (C=O) groups excluding carboxylic acids is 2. The maximum Gasteiger partial charge on any atom is 0.244 e. The topological polar surface area (TPSA) is 47.1 Å². The van der Waals surface area contributed by atoms with Gasteiger partial charge >= 0.3 is 0 Å². The summed E-state index contributed by atoms with van der Waals surface area (Å²) in [5, 5.41) is 0. The van der Waals surface area contributed by atoms with E-state index in [9.17, 15) is 9.59 Å². The van der Waals surface area contributed by atoms with Crippen LogP contribution in [0.1, 0.15) is 38.3 Å². The zero-order valence-electron chi connectivity index (χ0n) is 19.5. The summed E-state index contributed by atoms with van der Waals surface area (Å²) < 4.78 is 15.0. The van der Waals surface area contributed by atoms with Crippen molar-refractivity contribution in [3.05, 3.63) is 59.9 Å². The Labute approximate surface area is 195 Å². The Morgan fingerprint density at radius 2 is 1.70 bits per heavy atom. The highest BCUT2D eigenvalue weighted by molar-refractivity contribution is 5.95. The molecule has 0 bridgehead atoms. The second kappa shape index (κ2) is 10.3. The van der Waals surface area contributed by atoms with E-state index in [0.29, 0.717) is 63.6 Å². The number of amides is 2. The predicted molar refractivity (Wildman–Crippen MR) is 129 cm³/mol. The first-order valence-corrected chi connectivity index (χ1v) is 12.0. The summed E-state index contributed by atoms with van der Waals surface area (Å²) in [4.78, 5) is 33.2. The molecule has 33 heavy (non-hydrogen) atoms. The van der Waals surface area contributed by atoms with Gasteiger partial charge < -0.3 is 14.7 Å². The highest BCUT2D eigenvalue weighted by Crippen LogP contribution is 2.30. The lowest BCUT2D eigenvalue weighted by atomic mass is 10.0. The molecule has 2 aromatic rings. The van der Waals surface area contributed by atoms with E-state index in [1.54, 1.807) is 11.0 Å². The number of hydrogen-bond donors (Lipinski definition) is 0. The normalized spacial score (nSPS) is 18.0. The van der Waals surface area contributed by atoms with Crippen LogP contribution in [0, 0.1) is 5.82 Å². The number of carbonyl (C=O) groups is 2. The minimum atomic E-state index is -0.332. The lowest BCUT2D eigenvalue weighted by Gasteiger charge is -2.41. The van der Waals surface area contributed by atoms with Crippen LogP contribution >= 0.6 is 0 Å². The lowest BCUT2D eigenvalue weighted by molar-refractivity contribution is -0.137. The third-order valence-corrected chi connectivity index (χ3v) is 6.76. The molecule has 2 heterocycles. The SMILES string of the molecule is CCN(CC)C(=O)C(c1ccccc1)N1CCN(c2ccc(N3CCCC3=O)cc2F)CC1. The van der Waals surface area contributed by atoms with Gasteiger partial charge in [0, 0.05) is 57.9 Å². The molecule has 0 aromatic heterocycles. The smallest absolute Gasteiger partial charge is 0.244 e. The predicted octanol–water partition coefficient (Wildman–Crippen LogP) is 3.68. The summed E-state index contributed by atoms with van der Waals surface area (Å²) in [6.07, 6.45) is 1.35. The van der Waals surface area contributed by atoms with Gasteiger partial charge in [-0.05, 0) is 44.0 Å². The van der Waals surface area contributed by atoms with Crippen molar-refractivity contribution in [2.24, 2.45) is 0 Å². The average molecular weight is 453 g/mol. The molecule has 2 fully saturated rings. The van der Waals surface area contributed by atoms with Gasteiger partial charge in [-0.3, -0.25) is 14.5 Å². The Morgan fingerprint density at radius 1 is 1.00 bits per heavy atom. The minimum absolute atomic E-state index is 0.0561. The van der Waals surface area contributed by atoms with Gasteiger partial charge in [-0.15, -0.1) is 0 Å². The van der Waals surface area contributed by atoms with Crippen molar-refractivity contribution < 1.29 is 14.0 Å². The van der Waals surface area contributed by atoms with Gasteiger partial charge in [-0.25, -0.2) is 4.39 Å². The summed E-state index contributed by atoms with van der Waals surface area (Å²) in [5.74, 6) is -0.134. The van der Waals surface area contributed by atoms with Crippen LogP contribution in [0.5, 0.6) is 0 Å². The fourth-order valence-electron chi connectivity index (χ4n) is 4.92. The second-order valence-electron chi connectivity index (χ2n) is 8.63. The van der Waals surface area contributed by atoms with Crippen LogP contribution in [0.15, 0.2) is 48.5 Å². The molecule has 176 valence electrons. The van der Waals surface area contributed by atoms with Crippen molar-refractivity contribution in [2.75, 3.05) is 55.6 Å². The van der Waals surface area contributed by atoms with Gasteiger partial charge in [0.05, 0.1) is 5.69 Å². The first kappa shape index (κ1) is 23.2. The van der Waals surface area contributed by atoms with E-state index in [0.717, 1.165) is 12.0 Å². The van der Waals surface area contributed by atoms with Crippen molar-refractivity contribution in [1.29, 1.82) is 0 Å². The van der Waals surface area contributed by atoms with Crippen LogP contribution in [0.4, 0.5) is 15.8 Å². The van der Waals surface area contributed by atoms with Crippen LogP contribution in [-0.2, 0) is 9.59 Å². The summed E-state index contributed by atoms with van der Waals surface area (Å²) in [5.41, 5.74) is 2.18. The number of benzene rings is 2. The molecule has 0 aliphatic carbocycles. The molecule has 2 saturated heterocycles. The van der Waals surface area contributed by atoms with E-state index in [-0.39, 0.29) is 23.7 Å². The Kier molecular flexibility index (Phi) is 7.28. The molecule has 2 aromatic carbocycles. The Bertz CT molecular complexity index is 972. The molecule has 2 amide bonds. The number of piperazine rings is 1. The lowest BCUT2D eigenvalue weighted by Crippen LogP contribution is -2.52. The average Bonchev–Trinajstić information content (AvgIpc) is 3.27.